The van der Waals surface area contributed by atoms with E-state index in [1.54, 1.807) is 0 Å². The van der Waals surface area contributed by atoms with E-state index in [2.05, 4.69) is 4.74 Å². The second-order valence-corrected chi connectivity index (χ2v) is 3.59. The van der Waals surface area contributed by atoms with Crippen molar-refractivity contribution in [2.75, 3.05) is 13.7 Å². The quantitative estimate of drug-likeness (QED) is 0.579. The second kappa shape index (κ2) is 6.15. The van der Waals surface area contributed by atoms with Crippen molar-refractivity contribution >= 4 is 11.5 Å². The first-order chi connectivity index (χ1) is 8.47. The Kier molecular flexibility index (Phi) is 4.85. The summed E-state index contributed by atoms with van der Waals surface area (Å²) in [5.74, 6) is -2.79. The van der Waals surface area contributed by atoms with Gasteiger partial charge in [0, 0.05) is 19.6 Å². The molecule has 0 bridgehead atoms. The molecule has 0 aliphatic rings. The minimum Gasteiger partial charge on any atom is -0.377 e. The SMILES string of the molecule is COCC(=O)CCc1c([N+](=O)[O-])ccc(F)c1F. The number of rotatable bonds is 6. The van der Waals surface area contributed by atoms with E-state index in [0.717, 1.165) is 6.07 Å². The van der Waals surface area contributed by atoms with Crippen molar-refractivity contribution < 1.29 is 23.2 Å². The zero-order chi connectivity index (χ0) is 13.7. The topological polar surface area (TPSA) is 69.4 Å². The fourth-order valence-electron chi connectivity index (χ4n) is 1.49. The number of hydrogen-bond acceptors (Lipinski definition) is 4. The minimum atomic E-state index is -1.28. The maximum atomic E-state index is 13.4. The standard InChI is InChI=1S/C11H11F2NO4/c1-18-6-7(15)2-3-8-10(14(16)17)5-4-9(12)11(8)13/h4-5H,2-3,6H2,1H3. The van der Waals surface area contributed by atoms with Crippen LogP contribution in [-0.4, -0.2) is 24.4 Å². The van der Waals surface area contributed by atoms with Crippen LogP contribution >= 0.6 is 0 Å². The highest BCUT2D eigenvalue weighted by molar-refractivity contribution is 5.80. The maximum absolute atomic E-state index is 13.4. The van der Waals surface area contributed by atoms with Crippen molar-refractivity contribution in [3.63, 3.8) is 0 Å². The van der Waals surface area contributed by atoms with Crippen LogP contribution in [0.25, 0.3) is 0 Å². The Morgan fingerprint density at radius 2 is 2.11 bits per heavy atom. The molecule has 0 N–H and O–H groups in total. The zero-order valence-corrected chi connectivity index (χ0v) is 9.61. The van der Waals surface area contributed by atoms with Crippen molar-refractivity contribution in [2.24, 2.45) is 0 Å². The van der Waals surface area contributed by atoms with Gasteiger partial charge in [-0.3, -0.25) is 14.9 Å². The van der Waals surface area contributed by atoms with E-state index < -0.39 is 27.8 Å². The van der Waals surface area contributed by atoms with Crippen LogP contribution in [0.15, 0.2) is 12.1 Å². The van der Waals surface area contributed by atoms with Gasteiger partial charge in [-0.15, -0.1) is 0 Å². The second-order valence-electron chi connectivity index (χ2n) is 3.59. The number of Topliss-reactive ketones (excluding diaryl/α,β-unsaturated/α-hetero) is 1. The molecule has 0 atom stereocenters. The van der Waals surface area contributed by atoms with E-state index in [-0.39, 0.29) is 25.2 Å². The van der Waals surface area contributed by atoms with E-state index in [1.807, 2.05) is 0 Å². The van der Waals surface area contributed by atoms with Crippen molar-refractivity contribution in [2.45, 2.75) is 12.8 Å². The van der Waals surface area contributed by atoms with Crippen molar-refractivity contribution in [1.82, 2.24) is 0 Å². The van der Waals surface area contributed by atoms with Gasteiger partial charge in [0.2, 0.25) is 0 Å². The number of methoxy groups -OCH3 is 1. The number of halogens is 2. The Morgan fingerprint density at radius 3 is 2.67 bits per heavy atom. The number of ether oxygens (including phenoxy) is 1. The number of nitrogens with zero attached hydrogens (tertiary/aromatic N) is 1. The Balaban J connectivity index is 2.95. The summed E-state index contributed by atoms with van der Waals surface area (Å²) in [7, 11) is 1.32. The predicted molar refractivity (Wildman–Crippen MR) is 58.2 cm³/mol. The number of hydrogen-bond donors (Lipinski definition) is 0. The molecule has 0 unspecified atom stereocenters. The third-order valence-electron chi connectivity index (χ3n) is 2.33. The first kappa shape index (κ1) is 14.2. The highest BCUT2D eigenvalue weighted by atomic mass is 19.2. The van der Waals surface area contributed by atoms with E-state index >= 15 is 0 Å². The molecule has 0 saturated carbocycles. The molecule has 5 nitrogen and oxygen atoms in total. The Bertz CT molecular complexity index is 476. The molecular formula is C11H11F2NO4. The van der Waals surface area contributed by atoms with Gasteiger partial charge >= 0.3 is 0 Å². The summed E-state index contributed by atoms with van der Waals surface area (Å²) in [4.78, 5) is 21.0. The summed E-state index contributed by atoms with van der Waals surface area (Å²) in [6.45, 7) is -0.162. The molecular weight excluding hydrogens is 248 g/mol. The van der Waals surface area contributed by atoms with Crippen LogP contribution in [-0.2, 0) is 16.0 Å². The van der Waals surface area contributed by atoms with Gasteiger partial charge in [0.05, 0.1) is 10.5 Å². The molecule has 0 fully saturated rings. The summed E-state index contributed by atoms with van der Waals surface area (Å²) in [6.07, 6.45) is -0.378. The van der Waals surface area contributed by atoms with Crippen molar-refractivity contribution in [3.8, 4) is 0 Å². The molecule has 0 spiro atoms. The van der Waals surface area contributed by atoms with Gasteiger partial charge in [-0.05, 0) is 12.5 Å². The minimum absolute atomic E-state index is 0.144. The fraction of sp³-hybridized carbons (Fsp3) is 0.364. The van der Waals surface area contributed by atoms with Crippen molar-refractivity contribution in [1.29, 1.82) is 0 Å². The summed E-state index contributed by atoms with van der Waals surface area (Å²) < 4.78 is 31.0. The lowest BCUT2D eigenvalue weighted by Gasteiger charge is -2.05. The molecule has 98 valence electrons. The van der Waals surface area contributed by atoms with E-state index in [9.17, 15) is 23.7 Å². The summed E-state index contributed by atoms with van der Waals surface area (Å²) >= 11 is 0. The lowest BCUT2D eigenvalue weighted by atomic mass is 10.0. The lowest BCUT2D eigenvalue weighted by molar-refractivity contribution is -0.385. The van der Waals surface area contributed by atoms with Gasteiger partial charge in [-0.1, -0.05) is 0 Å². The molecule has 1 aromatic rings. The van der Waals surface area contributed by atoms with Gasteiger partial charge in [0.1, 0.15) is 6.61 Å². The van der Waals surface area contributed by atoms with Gasteiger partial charge < -0.3 is 4.74 Å². The van der Waals surface area contributed by atoms with E-state index in [1.165, 1.54) is 7.11 Å². The number of nitro benzene ring substituents is 1. The highest BCUT2D eigenvalue weighted by Crippen LogP contribution is 2.25. The molecule has 0 heterocycles. The number of ketones is 1. The molecule has 1 aromatic carbocycles. The molecule has 0 aliphatic heterocycles. The van der Waals surface area contributed by atoms with Gasteiger partial charge in [0.15, 0.2) is 17.4 Å². The average molecular weight is 259 g/mol. The van der Waals surface area contributed by atoms with E-state index in [0.29, 0.717) is 6.07 Å². The summed E-state index contributed by atoms with van der Waals surface area (Å²) in [5.41, 5.74) is -0.927. The molecule has 0 saturated heterocycles. The lowest BCUT2D eigenvalue weighted by Crippen LogP contribution is -2.09. The fourth-order valence-corrected chi connectivity index (χ4v) is 1.49. The monoisotopic (exact) mass is 259 g/mol. The third kappa shape index (κ3) is 3.30. The Labute approximate surface area is 102 Å². The van der Waals surface area contributed by atoms with Crippen LogP contribution in [0.4, 0.5) is 14.5 Å². The molecule has 0 radical (unpaired) electrons. The number of nitro groups is 1. The number of benzene rings is 1. The highest BCUT2D eigenvalue weighted by Gasteiger charge is 2.21. The van der Waals surface area contributed by atoms with Crippen LogP contribution in [0.1, 0.15) is 12.0 Å². The normalized spacial score (nSPS) is 10.4. The molecule has 18 heavy (non-hydrogen) atoms. The van der Waals surface area contributed by atoms with Gasteiger partial charge in [0.25, 0.3) is 5.69 Å². The van der Waals surface area contributed by atoms with Crippen LogP contribution < -0.4 is 0 Å². The van der Waals surface area contributed by atoms with Gasteiger partial charge in [-0.2, -0.15) is 0 Å². The van der Waals surface area contributed by atoms with Crippen LogP contribution in [0.2, 0.25) is 0 Å². The van der Waals surface area contributed by atoms with Crippen molar-refractivity contribution in [3.05, 3.63) is 39.4 Å². The Morgan fingerprint density at radius 1 is 1.44 bits per heavy atom. The van der Waals surface area contributed by atoms with Crippen LogP contribution in [0.3, 0.4) is 0 Å². The maximum Gasteiger partial charge on any atom is 0.275 e. The molecule has 1 rings (SSSR count). The number of carbonyl (C=O) groups excluding carboxylic acids is 1. The number of carbonyl (C=O) groups is 1. The van der Waals surface area contributed by atoms with Crippen LogP contribution in [0, 0.1) is 21.7 Å². The average Bonchev–Trinajstić information content (AvgIpc) is 2.31. The first-order valence-corrected chi connectivity index (χ1v) is 5.09. The van der Waals surface area contributed by atoms with Crippen LogP contribution in [0.5, 0.6) is 0 Å². The predicted octanol–water partition coefficient (Wildman–Crippen LogP) is 2.02. The first-order valence-electron chi connectivity index (χ1n) is 5.09. The molecule has 0 aliphatic carbocycles. The van der Waals surface area contributed by atoms with E-state index in [4.69, 9.17) is 0 Å². The van der Waals surface area contributed by atoms with Gasteiger partial charge in [-0.25, -0.2) is 8.78 Å². The summed E-state index contributed by atoms with van der Waals surface area (Å²) in [5, 5.41) is 10.7. The third-order valence-corrected chi connectivity index (χ3v) is 2.33. The molecule has 0 amide bonds. The largest absolute Gasteiger partial charge is 0.377 e. The molecule has 7 heteroatoms. The summed E-state index contributed by atoms with van der Waals surface area (Å²) in [6, 6.07) is 1.57. The smallest absolute Gasteiger partial charge is 0.275 e. The molecule has 0 aromatic heterocycles. The Hall–Kier alpha value is -1.89. The zero-order valence-electron chi connectivity index (χ0n) is 9.61.